The maximum Gasteiger partial charge on any atom is 0.135 e. The summed E-state index contributed by atoms with van der Waals surface area (Å²) in [6, 6.07) is 0. The highest BCUT2D eigenvalue weighted by molar-refractivity contribution is 5.57. The number of unbranched alkanes of at least 4 members (excludes halogenated alkanes) is 1. The van der Waals surface area contributed by atoms with E-state index in [0.717, 1.165) is 62.0 Å². The van der Waals surface area contributed by atoms with E-state index in [1.807, 2.05) is 0 Å². The summed E-state index contributed by atoms with van der Waals surface area (Å²) < 4.78 is 5.07. The number of anilines is 2. The van der Waals surface area contributed by atoms with Gasteiger partial charge in [-0.05, 0) is 26.2 Å². The summed E-state index contributed by atoms with van der Waals surface area (Å²) in [5.41, 5.74) is 1.10. The third kappa shape index (κ3) is 5.87. The second kappa shape index (κ2) is 9.55. The maximum absolute atomic E-state index is 5.07. The van der Waals surface area contributed by atoms with E-state index in [-0.39, 0.29) is 0 Å². The van der Waals surface area contributed by atoms with Gasteiger partial charge in [0.05, 0.1) is 0 Å². The molecule has 2 N–H and O–H groups in total. The van der Waals surface area contributed by atoms with Crippen molar-refractivity contribution in [3.05, 3.63) is 11.4 Å². The van der Waals surface area contributed by atoms with E-state index in [4.69, 9.17) is 4.74 Å². The van der Waals surface area contributed by atoms with Crippen LogP contribution in [0.15, 0.2) is 0 Å². The number of ether oxygens (including phenoxy) is 1. The van der Waals surface area contributed by atoms with Crippen molar-refractivity contribution in [3.8, 4) is 0 Å². The van der Waals surface area contributed by atoms with Gasteiger partial charge in [-0.2, -0.15) is 0 Å². The van der Waals surface area contributed by atoms with Crippen LogP contribution in [0.5, 0.6) is 0 Å². The van der Waals surface area contributed by atoms with Crippen LogP contribution in [-0.4, -0.2) is 36.8 Å². The van der Waals surface area contributed by atoms with Crippen molar-refractivity contribution in [2.75, 3.05) is 37.4 Å². The predicted molar refractivity (Wildman–Crippen MR) is 89.2 cm³/mol. The van der Waals surface area contributed by atoms with Gasteiger partial charge in [0, 0.05) is 38.3 Å². The van der Waals surface area contributed by atoms with Gasteiger partial charge >= 0.3 is 0 Å². The molecule has 120 valence electrons. The average molecular weight is 294 g/mol. The number of nitrogens with zero attached hydrogens (tertiary/aromatic N) is 2. The monoisotopic (exact) mass is 294 g/mol. The first-order valence-electron chi connectivity index (χ1n) is 7.95. The van der Waals surface area contributed by atoms with Crippen LogP contribution in [0.4, 0.5) is 11.6 Å². The molecule has 0 unspecified atom stereocenters. The molecule has 0 radical (unpaired) electrons. The molecule has 0 aliphatic heterocycles. The average Bonchev–Trinajstić information content (AvgIpc) is 2.47. The van der Waals surface area contributed by atoms with Gasteiger partial charge < -0.3 is 15.4 Å². The number of hydrogen-bond donors (Lipinski definition) is 2. The zero-order valence-corrected chi connectivity index (χ0v) is 14.1. The Balaban J connectivity index is 2.77. The molecule has 5 heteroatoms. The van der Waals surface area contributed by atoms with Crippen LogP contribution in [-0.2, 0) is 4.74 Å². The lowest BCUT2D eigenvalue weighted by Gasteiger charge is -2.16. The number of aromatic nitrogens is 2. The van der Waals surface area contributed by atoms with E-state index in [9.17, 15) is 0 Å². The van der Waals surface area contributed by atoms with Crippen molar-refractivity contribution in [2.45, 2.75) is 52.9 Å². The molecule has 0 bridgehead atoms. The van der Waals surface area contributed by atoms with Gasteiger partial charge in [-0.25, -0.2) is 9.97 Å². The fourth-order valence-corrected chi connectivity index (χ4v) is 1.96. The fourth-order valence-electron chi connectivity index (χ4n) is 1.96. The Labute approximate surface area is 128 Å². The van der Waals surface area contributed by atoms with Crippen molar-refractivity contribution in [1.82, 2.24) is 9.97 Å². The van der Waals surface area contributed by atoms with Gasteiger partial charge in [-0.1, -0.05) is 20.8 Å². The van der Waals surface area contributed by atoms with Crippen LogP contribution in [0.25, 0.3) is 0 Å². The van der Waals surface area contributed by atoms with Crippen LogP contribution < -0.4 is 10.6 Å². The first-order valence-corrected chi connectivity index (χ1v) is 7.95. The maximum atomic E-state index is 5.07. The van der Waals surface area contributed by atoms with Gasteiger partial charge in [0.1, 0.15) is 17.5 Å². The summed E-state index contributed by atoms with van der Waals surface area (Å²) in [5, 5.41) is 6.84. The molecule has 21 heavy (non-hydrogen) atoms. The van der Waals surface area contributed by atoms with E-state index >= 15 is 0 Å². The van der Waals surface area contributed by atoms with Crippen LogP contribution in [0, 0.1) is 6.92 Å². The lowest BCUT2D eigenvalue weighted by Crippen LogP contribution is -2.13. The summed E-state index contributed by atoms with van der Waals surface area (Å²) >= 11 is 0. The van der Waals surface area contributed by atoms with Crippen molar-refractivity contribution in [2.24, 2.45) is 0 Å². The zero-order valence-electron chi connectivity index (χ0n) is 14.1. The Hall–Kier alpha value is -1.36. The van der Waals surface area contributed by atoms with Gasteiger partial charge in [-0.3, -0.25) is 0 Å². The summed E-state index contributed by atoms with van der Waals surface area (Å²) in [4.78, 5) is 9.31. The van der Waals surface area contributed by atoms with Crippen LogP contribution >= 0.6 is 0 Å². The SMILES string of the molecule is CCCNc1nc(C(C)C)nc(NCCCCOC)c1C. The predicted octanol–water partition coefficient (Wildman–Crippen LogP) is 3.57. The van der Waals surface area contributed by atoms with Crippen LogP contribution in [0.2, 0.25) is 0 Å². The molecule has 0 amide bonds. The normalized spacial score (nSPS) is 11.0. The molecule has 1 heterocycles. The fraction of sp³-hybridized carbons (Fsp3) is 0.750. The summed E-state index contributed by atoms with van der Waals surface area (Å²) in [5.74, 6) is 3.11. The third-order valence-corrected chi connectivity index (χ3v) is 3.29. The minimum Gasteiger partial charge on any atom is -0.385 e. The second-order valence-electron chi connectivity index (χ2n) is 5.61. The van der Waals surface area contributed by atoms with Crippen molar-refractivity contribution in [1.29, 1.82) is 0 Å². The Bertz CT molecular complexity index is 421. The van der Waals surface area contributed by atoms with Gasteiger partial charge in [-0.15, -0.1) is 0 Å². The van der Waals surface area contributed by atoms with Gasteiger partial charge in [0.2, 0.25) is 0 Å². The summed E-state index contributed by atoms with van der Waals surface area (Å²) in [6.45, 7) is 11.1. The van der Waals surface area contributed by atoms with E-state index in [0.29, 0.717) is 5.92 Å². The van der Waals surface area contributed by atoms with Gasteiger partial charge in [0.15, 0.2) is 0 Å². The van der Waals surface area contributed by atoms with Crippen molar-refractivity contribution < 1.29 is 4.74 Å². The first-order chi connectivity index (χ1) is 10.1. The molecule has 0 aromatic carbocycles. The number of hydrogen-bond acceptors (Lipinski definition) is 5. The smallest absolute Gasteiger partial charge is 0.135 e. The summed E-state index contributed by atoms with van der Waals surface area (Å²) in [7, 11) is 1.74. The van der Waals surface area contributed by atoms with E-state index < -0.39 is 0 Å². The highest BCUT2D eigenvalue weighted by Crippen LogP contribution is 2.23. The van der Waals surface area contributed by atoms with Crippen molar-refractivity contribution >= 4 is 11.6 Å². The molecule has 0 atom stereocenters. The molecule has 1 aromatic heterocycles. The minimum absolute atomic E-state index is 0.321. The van der Waals surface area contributed by atoms with E-state index in [1.165, 1.54) is 0 Å². The Morgan fingerprint density at radius 3 is 2.19 bits per heavy atom. The topological polar surface area (TPSA) is 59.1 Å². The van der Waals surface area contributed by atoms with Crippen molar-refractivity contribution in [3.63, 3.8) is 0 Å². The summed E-state index contributed by atoms with van der Waals surface area (Å²) in [6.07, 6.45) is 3.22. The molecule has 5 nitrogen and oxygen atoms in total. The molecule has 0 aliphatic rings. The molecule has 0 aliphatic carbocycles. The molecule has 0 saturated heterocycles. The minimum atomic E-state index is 0.321. The quantitative estimate of drug-likeness (QED) is 0.646. The van der Waals surface area contributed by atoms with Crippen LogP contribution in [0.1, 0.15) is 57.3 Å². The number of rotatable bonds is 10. The Morgan fingerprint density at radius 2 is 1.67 bits per heavy atom. The molecule has 0 saturated carbocycles. The molecular formula is C16H30N4O. The highest BCUT2D eigenvalue weighted by Gasteiger charge is 2.12. The Morgan fingerprint density at radius 1 is 1.05 bits per heavy atom. The molecule has 0 fully saturated rings. The molecule has 0 spiro atoms. The molecular weight excluding hydrogens is 264 g/mol. The van der Waals surface area contributed by atoms with Crippen LogP contribution in [0.3, 0.4) is 0 Å². The Kier molecular flexibility index (Phi) is 8.05. The van der Waals surface area contributed by atoms with E-state index in [1.54, 1.807) is 7.11 Å². The number of nitrogens with one attached hydrogen (secondary N) is 2. The lowest BCUT2D eigenvalue weighted by atomic mass is 10.2. The highest BCUT2D eigenvalue weighted by atomic mass is 16.5. The molecule has 1 rings (SSSR count). The standard InChI is InChI=1S/C16H30N4O/c1-6-9-17-15-13(4)16(18-10-7-8-11-21-5)20-14(19-15)12(2)3/h12H,6-11H2,1-5H3,(H2,17,18,19,20). The first kappa shape index (κ1) is 17.7. The zero-order chi connectivity index (χ0) is 15.7. The second-order valence-corrected chi connectivity index (χ2v) is 5.61. The molecule has 1 aromatic rings. The van der Waals surface area contributed by atoms with E-state index in [2.05, 4.69) is 48.3 Å². The van der Waals surface area contributed by atoms with Gasteiger partial charge in [0.25, 0.3) is 0 Å². The largest absolute Gasteiger partial charge is 0.385 e. The third-order valence-electron chi connectivity index (χ3n) is 3.29. The number of methoxy groups -OCH3 is 1. The lowest BCUT2D eigenvalue weighted by molar-refractivity contribution is 0.194.